The summed E-state index contributed by atoms with van der Waals surface area (Å²) in [7, 11) is 1.55. The van der Waals surface area contributed by atoms with Gasteiger partial charge in [0.15, 0.2) is 0 Å². The van der Waals surface area contributed by atoms with Gasteiger partial charge < -0.3 is 4.74 Å². The molecule has 0 N–H and O–H groups in total. The van der Waals surface area contributed by atoms with Crippen molar-refractivity contribution >= 4 is 23.1 Å². The van der Waals surface area contributed by atoms with Crippen LogP contribution in [0.4, 0.5) is 5.69 Å². The smallest absolute Gasteiger partial charge is 0.215 e. The minimum atomic E-state index is 0.525. The average molecular weight is 166 g/mol. The summed E-state index contributed by atoms with van der Waals surface area (Å²) in [6, 6.07) is 3.40. The Morgan fingerprint density at radius 3 is 3.18 bits per heavy atom. The second-order valence-corrected chi connectivity index (χ2v) is 1.94. The Labute approximate surface area is 69.7 Å². The van der Waals surface area contributed by atoms with Crippen molar-refractivity contribution in [2.45, 2.75) is 0 Å². The van der Waals surface area contributed by atoms with Crippen molar-refractivity contribution in [2.75, 3.05) is 7.11 Å². The van der Waals surface area contributed by atoms with E-state index in [0.29, 0.717) is 11.6 Å². The summed E-state index contributed by atoms with van der Waals surface area (Å²) in [6.45, 7) is 0. The molecule has 3 nitrogen and oxygen atoms in total. The summed E-state index contributed by atoms with van der Waals surface area (Å²) in [6.07, 6.45) is 1.60. The van der Waals surface area contributed by atoms with Crippen LogP contribution in [0.15, 0.2) is 23.3 Å². The molecule has 1 aromatic heterocycles. The zero-order chi connectivity index (χ0) is 8.10. The second kappa shape index (κ2) is 3.81. The molecule has 1 rings (SSSR count). The van der Waals surface area contributed by atoms with Crippen LogP contribution in [0.2, 0.25) is 0 Å². The van der Waals surface area contributed by atoms with Crippen LogP contribution in [-0.4, -0.2) is 17.3 Å². The highest BCUT2D eigenvalue weighted by atomic mass is 32.1. The Balaban J connectivity index is 3.00. The maximum Gasteiger partial charge on any atom is 0.215 e. The van der Waals surface area contributed by atoms with Gasteiger partial charge in [-0.25, -0.2) is 4.98 Å². The fourth-order valence-corrected chi connectivity index (χ4v) is 0.738. The first-order chi connectivity index (χ1) is 5.36. The van der Waals surface area contributed by atoms with Crippen LogP contribution in [0.1, 0.15) is 0 Å². The van der Waals surface area contributed by atoms with Gasteiger partial charge in [-0.15, -0.1) is 0 Å². The zero-order valence-electron chi connectivity index (χ0n) is 5.94. The maximum atomic E-state index is 4.87. The monoisotopic (exact) mass is 166 g/mol. The summed E-state index contributed by atoms with van der Waals surface area (Å²) in [5.74, 6) is 0.525. The molecule has 56 valence electrons. The van der Waals surface area contributed by atoms with Gasteiger partial charge in [-0.05, 0) is 18.3 Å². The van der Waals surface area contributed by atoms with Crippen LogP contribution in [0, 0.1) is 0 Å². The molecule has 0 saturated carbocycles. The molecule has 0 amide bonds. The van der Waals surface area contributed by atoms with Crippen LogP contribution in [-0.2, 0) is 0 Å². The summed E-state index contributed by atoms with van der Waals surface area (Å²) in [4.78, 5) is 7.66. The van der Waals surface area contributed by atoms with E-state index in [1.54, 1.807) is 25.4 Å². The van der Waals surface area contributed by atoms with Crippen LogP contribution in [0.25, 0.3) is 0 Å². The first kappa shape index (κ1) is 7.85. The summed E-state index contributed by atoms with van der Waals surface area (Å²) in [5, 5.41) is 2.26. The van der Waals surface area contributed by atoms with Crippen LogP contribution in [0.5, 0.6) is 5.88 Å². The van der Waals surface area contributed by atoms with E-state index < -0.39 is 0 Å². The third-order valence-corrected chi connectivity index (χ3v) is 1.19. The predicted octanol–water partition coefficient (Wildman–Crippen LogP) is 1.82. The van der Waals surface area contributed by atoms with Gasteiger partial charge in [-0.3, -0.25) is 0 Å². The molecule has 1 heterocycles. The molecule has 0 aliphatic carbocycles. The van der Waals surface area contributed by atoms with E-state index in [1.165, 1.54) is 0 Å². The molecule has 4 heteroatoms. The summed E-state index contributed by atoms with van der Waals surface area (Å²) < 4.78 is 4.87. The quantitative estimate of drug-likeness (QED) is 0.496. The van der Waals surface area contributed by atoms with Crippen molar-refractivity contribution in [3.8, 4) is 5.88 Å². The number of rotatable bonds is 2. The molecule has 0 aromatic carbocycles. The standard InChI is InChI=1S/C7H6N2OS/c1-10-7-4-6(9-5-11)2-3-8-7/h2-4H,1H3. The Morgan fingerprint density at radius 1 is 1.73 bits per heavy atom. The molecule has 0 saturated heterocycles. The van der Waals surface area contributed by atoms with Crippen molar-refractivity contribution in [1.29, 1.82) is 0 Å². The number of methoxy groups -OCH3 is 1. The van der Waals surface area contributed by atoms with Gasteiger partial charge in [-0.2, -0.15) is 4.99 Å². The maximum absolute atomic E-state index is 4.87. The molecule has 0 unspecified atom stereocenters. The van der Waals surface area contributed by atoms with Crippen molar-refractivity contribution < 1.29 is 4.74 Å². The molecule has 0 radical (unpaired) electrons. The molecule has 0 aliphatic heterocycles. The number of aliphatic imine (C=N–C) groups is 1. The molecule has 0 spiro atoms. The van der Waals surface area contributed by atoms with Crippen LogP contribution in [0.3, 0.4) is 0 Å². The molecule has 0 atom stereocenters. The average Bonchev–Trinajstić information content (AvgIpc) is 2.06. The molecule has 0 fully saturated rings. The lowest BCUT2D eigenvalue weighted by Crippen LogP contribution is -1.84. The van der Waals surface area contributed by atoms with Crippen LogP contribution >= 0.6 is 12.2 Å². The van der Waals surface area contributed by atoms with E-state index in [4.69, 9.17) is 4.74 Å². The lowest BCUT2D eigenvalue weighted by molar-refractivity contribution is 0.398. The largest absolute Gasteiger partial charge is 0.481 e. The molecule has 0 aliphatic rings. The molecule has 1 aromatic rings. The number of ether oxygens (including phenoxy) is 1. The Hall–Kier alpha value is -1.25. The van der Waals surface area contributed by atoms with E-state index in [2.05, 4.69) is 27.4 Å². The number of thiocarbonyl (C=S) groups is 1. The number of isothiocyanates is 1. The van der Waals surface area contributed by atoms with E-state index in [9.17, 15) is 0 Å². The van der Waals surface area contributed by atoms with Gasteiger partial charge in [0.1, 0.15) is 0 Å². The Morgan fingerprint density at radius 2 is 2.55 bits per heavy atom. The molecule has 11 heavy (non-hydrogen) atoms. The van der Waals surface area contributed by atoms with Crippen molar-refractivity contribution in [3.63, 3.8) is 0 Å². The number of nitrogens with zero attached hydrogens (tertiary/aromatic N) is 2. The van der Waals surface area contributed by atoms with E-state index in [-0.39, 0.29) is 0 Å². The van der Waals surface area contributed by atoms with Gasteiger partial charge in [0.25, 0.3) is 0 Å². The summed E-state index contributed by atoms with van der Waals surface area (Å²) in [5.41, 5.74) is 0.701. The minimum absolute atomic E-state index is 0.525. The highest BCUT2D eigenvalue weighted by molar-refractivity contribution is 7.78. The predicted molar refractivity (Wildman–Crippen MR) is 45.5 cm³/mol. The Bertz CT molecular complexity index is 294. The van der Waals surface area contributed by atoms with Gasteiger partial charge in [0.05, 0.1) is 18.0 Å². The first-order valence-corrected chi connectivity index (χ1v) is 3.35. The number of hydrogen-bond donors (Lipinski definition) is 0. The van der Waals surface area contributed by atoms with Crippen LogP contribution < -0.4 is 4.74 Å². The second-order valence-electron chi connectivity index (χ2n) is 1.76. The van der Waals surface area contributed by atoms with Crippen molar-refractivity contribution in [1.82, 2.24) is 4.98 Å². The SMILES string of the molecule is COc1cc(N=C=S)ccn1. The number of pyridine rings is 1. The van der Waals surface area contributed by atoms with Crippen molar-refractivity contribution in [3.05, 3.63) is 18.3 Å². The van der Waals surface area contributed by atoms with Gasteiger partial charge in [0.2, 0.25) is 5.88 Å². The third kappa shape index (κ3) is 2.11. The first-order valence-electron chi connectivity index (χ1n) is 2.94. The van der Waals surface area contributed by atoms with Crippen molar-refractivity contribution in [2.24, 2.45) is 4.99 Å². The van der Waals surface area contributed by atoms with E-state index in [1.807, 2.05) is 0 Å². The fraction of sp³-hybridized carbons (Fsp3) is 0.143. The van der Waals surface area contributed by atoms with E-state index >= 15 is 0 Å². The summed E-state index contributed by atoms with van der Waals surface area (Å²) >= 11 is 4.44. The Kier molecular flexibility index (Phi) is 2.72. The molecular formula is C7H6N2OS. The van der Waals surface area contributed by atoms with Gasteiger partial charge >= 0.3 is 0 Å². The zero-order valence-corrected chi connectivity index (χ0v) is 6.76. The number of hydrogen-bond acceptors (Lipinski definition) is 4. The third-order valence-electron chi connectivity index (χ3n) is 1.10. The normalized spacial score (nSPS) is 8.45. The van der Waals surface area contributed by atoms with E-state index in [0.717, 1.165) is 0 Å². The van der Waals surface area contributed by atoms with Gasteiger partial charge in [0, 0.05) is 12.3 Å². The molecule has 0 bridgehead atoms. The number of aromatic nitrogens is 1. The lowest BCUT2D eigenvalue weighted by Gasteiger charge is -1.96. The highest BCUT2D eigenvalue weighted by Crippen LogP contribution is 2.15. The fourth-order valence-electron chi connectivity index (χ4n) is 0.633. The topological polar surface area (TPSA) is 34.5 Å². The lowest BCUT2D eigenvalue weighted by atomic mass is 10.4. The minimum Gasteiger partial charge on any atom is -0.481 e. The highest BCUT2D eigenvalue weighted by Gasteiger charge is 1.92. The van der Waals surface area contributed by atoms with Gasteiger partial charge in [-0.1, -0.05) is 0 Å². The molecular weight excluding hydrogens is 160 g/mol.